The van der Waals surface area contributed by atoms with E-state index >= 15 is 0 Å². The van der Waals surface area contributed by atoms with Crippen molar-refractivity contribution >= 4 is 17.4 Å². The van der Waals surface area contributed by atoms with E-state index in [0.29, 0.717) is 5.56 Å². The summed E-state index contributed by atoms with van der Waals surface area (Å²) in [4.78, 5) is 23.0. The third kappa shape index (κ3) is 3.02. The van der Waals surface area contributed by atoms with Crippen LogP contribution in [0.15, 0.2) is 30.6 Å². The molecule has 2 aliphatic heterocycles. The summed E-state index contributed by atoms with van der Waals surface area (Å²) in [6.07, 6.45) is 5.56. The van der Waals surface area contributed by atoms with Crippen LogP contribution in [0.5, 0.6) is 0 Å². The first-order chi connectivity index (χ1) is 12.1. The van der Waals surface area contributed by atoms with Gasteiger partial charge in [-0.2, -0.15) is 0 Å². The Kier molecular flexibility index (Phi) is 4.01. The topological polar surface area (TPSA) is 110 Å². The smallest absolute Gasteiger partial charge is 0.248 e. The highest BCUT2D eigenvalue weighted by molar-refractivity contribution is 5.93. The maximum Gasteiger partial charge on any atom is 0.248 e. The van der Waals surface area contributed by atoms with Gasteiger partial charge in [0.2, 0.25) is 5.91 Å². The highest BCUT2D eigenvalue weighted by Crippen LogP contribution is 2.36. The van der Waals surface area contributed by atoms with Crippen molar-refractivity contribution in [2.45, 2.75) is 24.8 Å². The van der Waals surface area contributed by atoms with Gasteiger partial charge in [0.25, 0.3) is 0 Å². The third-order valence-electron chi connectivity index (χ3n) is 5.07. The predicted molar refractivity (Wildman–Crippen MR) is 96.7 cm³/mol. The lowest BCUT2D eigenvalue weighted by Gasteiger charge is -2.31. The van der Waals surface area contributed by atoms with Crippen LogP contribution in [0.1, 0.15) is 40.4 Å². The molecule has 7 nitrogen and oxygen atoms in total. The van der Waals surface area contributed by atoms with Crippen LogP contribution < -0.4 is 21.7 Å². The highest BCUT2D eigenvalue weighted by atomic mass is 16.1. The fourth-order valence-corrected chi connectivity index (χ4v) is 3.57. The number of nitrogens with zero attached hydrogens (tertiary/aromatic N) is 3. The van der Waals surface area contributed by atoms with Crippen LogP contribution in [0, 0.1) is 0 Å². The Hall–Kier alpha value is -2.67. The van der Waals surface area contributed by atoms with Gasteiger partial charge in [0.1, 0.15) is 5.82 Å². The number of carbonyl (C=O) groups is 1. The normalized spacial score (nSPS) is 20.2. The van der Waals surface area contributed by atoms with E-state index in [2.05, 4.69) is 15.2 Å². The molecule has 0 radical (unpaired) electrons. The summed E-state index contributed by atoms with van der Waals surface area (Å²) >= 11 is 0. The van der Waals surface area contributed by atoms with E-state index in [1.165, 1.54) is 0 Å². The van der Waals surface area contributed by atoms with Crippen molar-refractivity contribution in [3.8, 4) is 0 Å². The van der Waals surface area contributed by atoms with Crippen molar-refractivity contribution in [3.63, 3.8) is 0 Å². The Bertz CT molecular complexity index is 800. The monoisotopic (exact) mass is 338 g/mol. The summed E-state index contributed by atoms with van der Waals surface area (Å²) in [6, 6.07) is 5.79. The fraction of sp³-hybridized carbons (Fsp3) is 0.389. The number of anilines is 2. The molecule has 2 aliphatic rings. The molecule has 7 heteroatoms. The molecule has 25 heavy (non-hydrogen) atoms. The van der Waals surface area contributed by atoms with Crippen molar-refractivity contribution in [1.82, 2.24) is 9.97 Å². The van der Waals surface area contributed by atoms with Crippen molar-refractivity contribution in [2.75, 3.05) is 29.9 Å². The zero-order valence-electron chi connectivity index (χ0n) is 14.0. The van der Waals surface area contributed by atoms with Gasteiger partial charge in [-0.05, 0) is 36.6 Å². The number of carbonyl (C=O) groups excluding carboxylic acids is 1. The third-order valence-corrected chi connectivity index (χ3v) is 5.07. The Morgan fingerprint density at radius 1 is 1.24 bits per heavy atom. The van der Waals surface area contributed by atoms with Crippen molar-refractivity contribution < 1.29 is 4.79 Å². The first-order valence-corrected chi connectivity index (χ1v) is 8.62. The molecule has 0 aliphatic carbocycles. The molecule has 0 saturated carbocycles. The molecule has 1 aromatic heterocycles. The summed E-state index contributed by atoms with van der Waals surface area (Å²) in [6.45, 7) is 2.55. The SMILES string of the molecule is NC(=O)c1ccc2c(c1)C(c1cncc(N3CCC(N)CC3)n1)CN2. The minimum absolute atomic E-state index is 0.0637. The molecule has 1 unspecified atom stereocenters. The molecular weight excluding hydrogens is 316 g/mol. The Morgan fingerprint density at radius 2 is 2.04 bits per heavy atom. The van der Waals surface area contributed by atoms with Gasteiger partial charge in [0, 0.05) is 49.0 Å². The second-order valence-electron chi connectivity index (χ2n) is 6.73. The molecule has 0 bridgehead atoms. The molecule has 1 amide bonds. The summed E-state index contributed by atoms with van der Waals surface area (Å²) in [5, 5.41) is 3.37. The number of aromatic nitrogens is 2. The van der Waals surface area contributed by atoms with Crippen LogP contribution in [0.4, 0.5) is 11.5 Å². The first-order valence-electron chi connectivity index (χ1n) is 8.62. The lowest BCUT2D eigenvalue weighted by atomic mass is 9.96. The van der Waals surface area contributed by atoms with E-state index in [9.17, 15) is 4.79 Å². The number of nitrogens with one attached hydrogen (secondary N) is 1. The number of amides is 1. The van der Waals surface area contributed by atoms with E-state index in [4.69, 9.17) is 16.5 Å². The van der Waals surface area contributed by atoms with Gasteiger partial charge in [-0.1, -0.05) is 0 Å². The minimum atomic E-state index is -0.419. The molecular formula is C18H22N6O. The molecule has 130 valence electrons. The molecule has 0 spiro atoms. The minimum Gasteiger partial charge on any atom is -0.384 e. The molecule has 3 heterocycles. The quantitative estimate of drug-likeness (QED) is 0.772. The Labute approximate surface area is 146 Å². The predicted octanol–water partition coefficient (Wildman–Crippen LogP) is 1.06. The molecule has 1 fully saturated rings. The van der Waals surface area contributed by atoms with E-state index in [-0.39, 0.29) is 12.0 Å². The van der Waals surface area contributed by atoms with E-state index < -0.39 is 5.91 Å². The number of benzene rings is 1. The van der Waals surface area contributed by atoms with Crippen molar-refractivity contribution in [1.29, 1.82) is 0 Å². The largest absolute Gasteiger partial charge is 0.384 e. The molecule has 1 saturated heterocycles. The molecule has 1 atom stereocenters. The Morgan fingerprint density at radius 3 is 2.80 bits per heavy atom. The zero-order chi connectivity index (χ0) is 17.4. The number of hydrogen-bond donors (Lipinski definition) is 3. The maximum absolute atomic E-state index is 11.5. The van der Waals surface area contributed by atoms with Crippen molar-refractivity contribution in [2.24, 2.45) is 11.5 Å². The van der Waals surface area contributed by atoms with Crippen LogP contribution >= 0.6 is 0 Å². The maximum atomic E-state index is 11.5. The van der Waals surface area contributed by atoms with Crippen LogP contribution in [0.2, 0.25) is 0 Å². The van der Waals surface area contributed by atoms with Gasteiger partial charge < -0.3 is 21.7 Å². The second-order valence-corrected chi connectivity index (χ2v) is 6.73. The Balaban J connectivity index is 1.63. The van der Waals surface area contributed by atoms with E-state index in [1.807, 2.05) is 18.3 Å². The number of rotatable bonds is 3. The average molecular weight is 338 g/mol. The van der Waals surface area contributed by atoms with Gasteiger partial charge in [0.05, 0.1) is 11.9 Å². The zero-order valence-corrected chi connectivity index (χ0v) is 14.0. The molecule has 1 aromatic carbocycles. The molecule has 4 rings (SSSR count). The summed E-state index contributed by atoms with van der Waals surface area (Å²) in [5.74, 6) is 0.538. The van der Waals surface area contributed by atoms with Gasteiger partial charge >= 0.3 is 0 Å². The van der Waals surface area contributed by atoms with Gasteiger partial charge in [-0.15, -0.1) is 0 Å². The lowest BCUT2D eigenvalue weighted by Crippen LogP contribution is -2.40. The summed E-state index contributed by atoms with van der Waals surface area (Å²) < 4.78 is 0. The van der Waals surface area contributed by atoms with E-state index in [1.54, 1.807) is 12.3 Å². The van der Waals surface area contributed by atoms with Gasteiger partial charge in [-0.25, -0.2) is 4.98 Å². The highest BCUT2D eigenvalue weighted by Gasteiger charge is 2.27. The number of primary amides is 1. The number of nitrogens with two attached hydrogens (primary N) is 2. The first kappa shape index (κ1) is 15.8. The summed E-state index contributed by atoms with van der Waals surface area (Å²) in [5.41, 5.74) is 14.9. The fourth-order valence-electron chi connectivity index (χ4n) is 3.57. The number of hydrogen-bond acceptors (Lipinski definition) is 6. The van der Waals surface area contributed by atoms with Crippen LogP contribution in [0.3, 0.4) is 0 Å². The van der Waals surface area contributed by atoms with Gasteiger partial charge in [-0.3, -0.25) is 9.78 Å². The second kappa shape index (κ2) is 6.33. The van der Waals surface area contributed by atoms with Crippen LogP contribution in [0.25, 0.3) is 0 Å². The summed E-state index contributed by atoms with van der Waals surface area (Å²) in [7, 11) is 0. The number of piperidine rings is 1. The number of fused-ring (bicyclic) bond motifs is 1. The molecule has 5 N–H and O–H groups in total. The van der Waals surface area contributed by atoms with Crippen LogP contribution in [-0.4, -0.2) is 41.6 Å². The van der Waals surface area contributed by atoms with E-state index in [0.717, 1.165) is 55.2 Å². The van der Waals surface area contributed by atoms with Crippen molar-refractivity contribution in [3.05, 3.63) is 47.4 Å². The average Bonchev–Trinajstić information content (AvgIpc) is 3.05. The lowest BCUT2D eigenvalue weighted by molar-refractivity contribution is 0.1000. The standard InChI is InChI=1S/C18H22N6O/c19-12-3-5-24(6-4-12)17-10-21-9-16(23-17)14-8-22-15-2-1-11(18(20)25)7-13(14)15/h1-2,7,9-10,12,14,22H,3-6,8,19H2,(H2,20,25). The van der Waals surface area contributed by atoms with Crippen LogP contribution in [-0.2, 0) is 0 Å². The van der Waals surface area contributed by atoms with Gasteiger partial charge in [0.15, 0.2) is 0 Å². The molecule has 2 aromatic rings.